The number of halogens is 2. The van der Waals surface area contributed by atoms with Crippen LogP contribution >= 0.6 is 0 Å². The number of hydrogen-bond donors (Lipinski definition) is 3. The number of hydrazine groups is 1. The van der Waals surface area contributed by atoms with Crippen molar-refractivity contribution in [2.75, 3.05) is 26.4 Å². The second-order valence-corrected chi connectivity index (χ2v) is 6.44. The highest BCUT2D eigenvalue weighted by Crippen LogP contribution is 2.39. The fourth-order valence-electron chi connectivity index (χ4n) is 2.71. The van der Waals surface area contributed by atoms with E-state index in [0.29, 0.717) is 43.1 Å². The van der Waals surface area contributed by atoms with Gasteiger partial charge < -0.3 is 19.5 Å². The van der Waals surface area contributed by atoms with Crippen LogP contribution in [0.3, 0.4) is 0 Å². The van der Waals surface area contributed by atoms with Crippen molar-refractivity contribution in [3.63, 3.8) is 0 Å². The molecule has 0 spiro atoms. The molecule has 178 valence electrons. The van der Waals surface area contributed by atoms with Crippen LogP contribution in [0.4, 0.5) is 8.78 Å². The largest absolute Gasteiger partial charge is 0.490 e. The third-order valence-electron chi connectivity index (χ3n) is 4.02. The van der Waals surface area contributed by atoms with E-state index in [1.54, 1.807) is 20.8 Å². The summed E-state index contributed by atoms with van der Waals surface area (Å²) in [4.78, 5) is 36.4. The van der Waals surface area contributed by atoms with Gasteiger partial charge in [0.1, 0.15) is 11.6 Å². The van der Waals surface area contributed by atoms with Crippen LogP contribution in [0.1, 0.15) is 41.5 Å². The molecule has 0 bridgehead atoms. The summed E-state index contributed by atoms with van der Waals surface area (Å²) in [6, 6.07) is 5.16. The van der Waals surface area contributed by atoms with E-state index in [4.69, 9.17) is 14.2 Å². The first-order chi connectivity index (χ1) is 15.8. The smallest absolute Gasteiger partial charge is 0.269 e. The molecule has 0 radical (unpaired) electrons. The van der Waals surface area contributed by atoms with E-state index >= 15 is 0 Å². The lowest BCUT2D eigenvalue weighted by molar-refractivity contribution is -0.120. The Hall–Kier alpha value is -3.89. The summed E-state index contributed by atoms with van der Waals surface area (Å²) in [6.07, 6.45) is 0. The average Bonchev–Trinajstić information content (AvgIpc) is 2.77. The Morgan fingerprint density at radius 2 is 1.24 bits per heavy atom. The molecule has 3 amide bonds. The highest BCUT2D eigenvalue weighted by Gasteiger charge is 2.19. The van der Waals surface area contributed by atoms with Gasteiger partial charge in [-0.3, -0.25) is 25.2 Å². The number of rotatable bonds is 10. The van der Waals surface area contributed by atoms with Crippen molar-refractivity contribution in [3.05, 3.63) is 53.1 Å². The Morgan fingerprint density at radius 3 is 1.76 bits per heavy atom. The fourth-order valence-corrected chi connectivity index (χ4v) is 2.71. The van der Waals surface area contributed by atoms with Gasteiger partial charge in [-0.2, -0.15) is 0 Å². The topological polar surface area (TPSA) is 115 Å². The number of carbonyl (C=O) groups excluding carboxylic acids is 3. The van der Waals surface area contributed by atoms with E-state index in [1.165, 1.54) is 12.1 Å². The van der Waals surface area contributed by atoms with E-state index in [9.17, 15) is 23.2 Å². The summed E-state index contributed by atoms with van der Waals surface area (Å²) >= 11 is 0. The van der Waals surface area contributed by atoms with Gasteiger partial charge in [-0.1, -0.05) is 0 Å². The predicted molar refractivity (Wildman–Crippen MR) is 114 cm³/mol. The minimum Gasteiger partial charge on any atom is -0.490 e. The van der Waals surface area contributed by atoms with Gasteiger partial charge in [-0.25, -0.2) is 8.78 Å². The molecule has 0 aliphatic rings. The van der Waals surface area contributed by atoms with Crippen LogP contribution in [0.2, 0.25) is 0 Å². The lowest BCUT2D eigenvalue weighted by atomic mass is 10.1. The van der Waals surface area contributed by atoms with Gasteiger partial charge in [0.15, 0.2) is 11.5 Å². The summed E-state index contributed by atoms with van der Waals surface area (Å²) in [7, 11) is 0. The van der Waals surface area contributed by atoms with Crippen LogP contribution in [0.5, 0.6) is 17.2 Å². The Balaban J connectivity index is 2.01. The summed E-state index contributed by atoms with van der Waals surface area (Å²) in [6.45, 7) is 5.80. The summed E-state index contributed by atoms with van der Waals surface area (Å²) in [5, 5.41) is 2.20. The van der Waals surface area contributed by atoms with Gasteiger partial charge in [0.25, 0.3) is 17.7 Å². The lowest BCUT2D eigenvalue weighted by Crippen LogP contribution is -2.46. The van der Waals surface area contributed by atoms with Crippen LogP contribution in [0.25, 0.3) is 0 Å². The second kappa shape index (κ2) is 12.2. The molecule has 0 atom stereocenters. The molecule has 0 heterocycles. The van der Waals surface area contributed by atoms with Crippen LogP contribution in [-0.4, -0.2) is 44.1 Å². The molecule has 0 saturated carbocycles. The Bertz CT molecular complexity index is 968. The van der Waals surface area contributed by atoms with Gasteiger partial charge in [0, 0.05) is 17.2 Å². The van der Waals surface area contributed by atoms with E-state index in [-0.39, 0.29) is 11.1 Å². The van der Waals surface area contributed by atoms with Crippen LogP contribution in [0.15, 0.2) is 30.3 Å². The summed E-state index contributed by atoms with van der Waals surface area (Å²) < 4.78 is 43.1. The minimum atomic E-state index is -0.926. The monoisotopic (exact) mass is 465 g/mol. The quantitative estimate of drug-likeness (QED) is 0.464. The maximum Gasteiger partial charge on any atom is 0.269 e. The molecule has 3 N–H and O–H groups in total. The van der Waals surface area contributed by atoms with Crippen LogP contribution < -0.4 is 30.4 Å². The second-order valence-electron chi connectivity index (χ2n) is 6.44. The first-order valence-electron chi connectivity index (χ1n) is 10.2. The van der Waals surface area contributed by atoms with Crippen molar-refractivity contribution in [1.82, 2.24) is 16.2 Å². The molecule has 2 aromatic carbocycles. The van der Waals surface area contributed by atoms with Gasteiger partial charge in [-0.15, -0.1) is 0 Å². The fraction of sp³-hybridized carbons (Fsp3) is 0.318. The molecule has 0 saturated heterocycles. The van der Waals surface area contributed by atoms with Crippen LogP contribution in [0, 0.1) is 11.6 Å². The highest BCUT2D eigenvalue weighted by atomic mass is 19.1. The third-order valence-corrected chi connectivity index (χ3v) is 4.02. The molecule has 0 fully saturated rings. The molecule has 0 aliphatic heterocycles. The zero-order valence-corrected chi connectivity index (χ0v) is 18.4. The SMILES string of the molecule is CCOc1cc(C(=O)NNC(=O)CNC(=O)c2cc(F)cc(F)c2)cc(OCC)c1OCC. The molecule has 2 rings (SSSR count). The Morgan fingerprint density at radius 1 is 0.727 bits per heavy atom. The molecular weight excluding hydrogens is 440 g/mol. The van der Waals surface area contributed by atoms with Crippen molar-refractivity contribution < 1.29 is 37.4 Å². The lowest BCUT2D eigenvalue weighted by Gasteiger charge is -2.17. The van der Waals surface area contributed by atoms with Crippen molar-refractivity contribution in [1.29, 1.82) is 0 Å². The summed E-state index contributed by atoms with van der Waals surface area (Å²) in [5.41, 5.74) is 4.19. The van der Waals surface area contributed by atoms with Crippen LogP contribution in [-0.2, 0) is 4.79 Å². The van der Waals surface area contributed by atoms with Crippen molar-refractivity contribution >= 4 is 17.7 Å². The van der Waals surface area contributed by atoms with Gasteiger partial charge in [0.05, 0.1) is 26.4 Å². The maximum absolute atomic E-state index is 13.2. The Labute approximate surface area is 189 Å². The van der Waals surface area contributed by atoms with Gasteiger partial charge in [0.2, 0.25) is 5.75 Å². The molecular formula is C22H25F2N3O6. The number of nitrogens with one attached hydrogen (secondary N) is 3. The number of ether oxygens (including phenoxy) is 3. The first kappa shape index (κ1) is 25.4. The molecule has 2 aromatic rings. The maximum atomic E-state index is 13.2. The van der Waals surface area contributed by atoms with Gasteiger partial charge in [-0.05, 0) is 45.0 Å². The molecule has 11 heteroatoms. The van der Waals surface area contributed by atoms with Crippen molar-refractivity contribution in [2.24, 2.45) is 0 Å². The first-order valence-corrected chi connectivity index (χ1v) is 10.2. The highest BCUT2D eigenvalue weighted by molar-refractivity contribution is 5.98. The van der Waals surface area contributed by atoms with E-state index in [2.05, 4.69) is 16.2 Å². The average molecular weight is 465 g/mol. The molecule has 33 heavy (non-hydrogen) atoms. The zero-order chi connectivity index (χ0) is 24.4. The molecule has 9 nitrogen and oxygen atoms in total. The summed E-state index contributed by atoms with van der Waals surface area (Å²) in [5.74, 6) is -3.19. The van der Waals surface area contributed by atoms with E-state index in [0.717, 1.165) is 12.1 Å². The van der Waals surface area contributed by atoms with E-state index < -0.39 is 35.9 Å². The number of amides is 3. The zero-order valence-electron chi connectivity index (χ0n) is 18.4. The molecule has 0 aromatic heterocycles. The van der Waals surface area contributed by atoms with Crippen molar-refractivity contribution in [3.8, 4) is 17.2 Å². The predicted octanol–water partition coefficient (Wildman–Crippen LogP) is 2.35. The molecule has 0 unspecified atom stereocenters. The van der Waals surface area contributed by atoms with Gasteiger partial charge >= 0.3 is 0 Å². The number of carbonyl (C=O) groups is 3. The number of hydrogen-bond acceptors (Lipinski definition) is 6. The van der Waals surface area contributed by atoms with Crippen molar-refractivity contribution in [2.45, 2.75) is 20.8 Å². The minimum absolute atomic E-state index is 0.130. The standard InChI is InChI=1S/C22H25F2N3O6/c1-4-31-17-9-14(10-18(32-5-2)20(17)33-6-3)22(30)27-26-19(28)12-25-21(29)13-7-15(23)11-16(24)8-13/h7-11H,4-6,12H2,1-3H3,(H,25,29)(H,26,28)(H,27,30). The number of benzene rings is 2. The third kappa shape index (κ3) is 7.34. The Kier molecular flexibility index (Phi) is 9.40. The normalized spacial score (nSPS) is 10.2. The molecule has 0 aliphatic carbocycles. The van der Waals surface area contributed by atoms with E-state index in [1.807, 2.05) is 0 Å².